The topological polar surface area (TPSA) is 97.5 Å². The van der Waals surface area contributed by atoms with Crippen molar-refractivity contribution in [3.05, 3.63) is 46.6 Å². The van der Waals surface area contributed by atoms with Crippen LogP contribution in [0.25, 0.3) is 0 Å². The van der Waals surface area contributed by atoms with E-state index in [2.05, 4.69) is 10.3 Å². The number of nitrogens with zero attached hydrogens (tertiary/aromatic N) is 1. The standard InChI is InChI=1S/C15H16ClN3O3/c1-9-6-11(2-3-13(9)22-5-4-20)19-15-12(16)7-10(8-18-15)14(17)21/h2-3,6-8,20H,4-5H2,1H3,(H2,17,21)(H,18,19). The first kappa shape index (κ1) is 16.1. The molecular formula is C15H16ClN3O3. The second kappa shape index (κ2) is 7.11. The molecule has 0 bridgehead atoms. The van der Waals surface area contributed by atoms with Crippen LogP contribution < -0.4 is 15.8 Å². The van der Waals surface area contributed by atoms with Crippen molar-refractivity contribution in [3.8, 4) is 5.75 Å². The number of nitrogens with one attached hydrogen (secondary N) is 1. The molecule has 0 unspecified atom stereocenters. The number of pyridine rings is 1. The molecule has 2 aromatic rings. The van der Waals surface area contributed by atoms with Gasteiger partial charge in [0.1, 0.15) is 18.2 Å². The van der Waals surface area contributed by atoms with Crippen LogP contribution in [0.4, 0.5) is 11.5 Å². The largest absolute Gasteiger partial charge is 0.491 e. The molecule has 4 N–H and O–H groups in total. The molecule has 116 valence electrons. The molecule has 1 amide bonds. The van der Waals surface area contributed by atoms with E-state index in [-0.39, 0.29) is 18.8 Å². The number of anilines is 2. The Bertz CT molecular complexity index is 692. The van der Waals surface area contributed by atoms with Crippen LogP contribution >= 0.6 is 11.6 Å². The summed E-state index contributed by atoms with van der Waals surface area (Å²) in [6.45, 7) is 2.10. The summed E-state index contributed by atoms with van der Waals surface area (Å²) in [5, 5.41) is 12.1. The first-order valence-corrected chi connectivity index (χ1v) is 6.95. The summed E-state index contributed by atoms with van der Waals surface area (Å²) in [7, 11) is 0. The minimum Gasteiger partial charge on any atom is -0.491 e. The van der Waals surface area contributed by atoms with Gasteiger partial charge in [0, 0.05) is 11.9 Å². The Balaban J connectivity index is 2.17. The van der Waals surface area contributed by atoms with Crippen LogP contribution in [0.15, 0.2) is 30.5 Å². The lowest BCUT2D eigenvalue weighted by Gasteiger charge is -2.12. The van der Waals surface area contributed by atoms with Crippen LogP contribution in [0.5, 0.6) is 5.75 Å². The summed E-state index contributed by atoms with van der Waals surface area (Å²) in [4.78, 5) is 15.2. The van der Waals surface area contributed by atoms with E-state index in [9.17, 15) is 4.79 Å². The molecule has 1 heterocycles. The minimum absolute atomic E-state index is 0.0365. The Kier molecular flexibility index (Phi) is 5.19. The normalized spacial score (nSPS) is 10.3. The van der Waals surface area contributed by atoms with E-state index in [1.165, 1.54) is 12.3 Å². The van der Waals surface area contributed by atoms with Crippen molar-refractivity contribution in [1.82, 2.24) is 4.98 Å². The van der Waals surface area contributed by atoms with E-state index in [0.29, 0.717) is 16.6 Å². The summed E-state index contributed by atoms with van der Waals surface area (Å²) in [6.07, 6.45) is 1.36. The smallest absolute Gasteiger partial charge is 0.250 e. The van der Waals surface area contributed by atoms with Gasteiger partial charge in [-0.05, 0) is 36.8 Å². The SMILES string of the molecule is Cc1cc(Nc2ncc(C(N)=O)cc2Cl)ccc1OCCO. The lowest BCUT2D eigenvalue weighted by atomic mass is 10.2. The van der Waals surface area contributed by atoms with Gasteiger partial charge in [0.15, 0.2) is 0 Å². The quantitative estimate of drug-likeness (QED) is 0.758. The zero-order valence-corrected chi connectivity index (χ0v) is 12.7. The first-order valence-electron chi connectivity index (χ1n) is 6.58. The van der Waals surface area contributed by atoms with Gasteiger partial charge in [-0.1, -0.05) is 11.6 Å². The molecule has 0 atom stereocenters. The summed E-state index contributed by atoms with van der Waals surface area (Å²) in [5.41, 5.74) is 7.10. The molecule has 7 heteroatoms. The molecule has 0 saturated heterocycles. The number of hydrogen-bond acceptors (Lipinski definition) is 5. The summed E-state index contributed by atoms with van der Waals surface area (Å²) < 4.78 is 5.39. The van der Waals surface area contributed by atoms with Crippen LogP contribution in [0.2, 0.25) is 5.02 Å². The number of halogens is 1. The summed E-state index contributed by atoms with van der Waals surface area (Å²) >= 11 is 6.08. The predicted octanol–water partition coefficient (Wildman–Crippen LogP) is 2.26. The number of aryl methyl sites for hydroxylation is 1. The minimum atomic E-state index is -0.581. The van der Waals surface area contributed by atoms with Crippen LogP contribution in [-0.4, -0.2) is 29.2 Å². The number of nitrogens with two attached hydrogens (primary N) is 1. The molecule has 1 aromatic heterocycles. The maximum Gasteiger partial charge on any atom is 0.250 e. The van der Waals surface area contributed by atoms with Crippen molar-refractivity contribution in [2.45, 2.75) is 6.92 Å². The molecule has 0 spiro atoms. The van der Waals surface area contributed by atoms with E-state index in [0.717, 1.165) is 11.3 Å². The lowest BCUT2D eigenvalue weighted by Crippen LogP contribution is -2.11. The number of hydrogen-bond donors (Lipinski definition) is 3. The molecule has 1 aromatic carbocycles. The number of aromatic nitrogens is 1. The number of aliphatic hydroxyl groups is 1. The Morgan fingerprint density at radius 2 is 2.23 bits per heavy atom. The molecule has 22 heavy (non-hydrogen) atoms. The van der Waals surface area contributed by atoms with Crippen molar-refractivity contribution in [2.24, 2.45) is 5.73 Å². The number of rotatable bonds is 6. The van der Waals surface area contributed by atoms with E-state index in [1.54, 1.807) is 12.1 Å². The van der Waals surface area contributed by atoms with Crippen molar-refractivity contribution in [1.29, 1.82) is 0 Å². The van der Waals surface area contributed by atoms with E-state index >= 15 is 0 Å². The molecule has 0 aliphatic rings. The van der Waals surface area contributed by atoms with Gasteiger partial charge in [-0.25, -0.2) is 4.98 Å². The van der Waals surface area contributed by atoms with E-state index in [1.807, 2.05) is 13.0 Å². The fraction of sp³-hybridized carbons (Fsp3) is 0.200. The molecule has 0 aliphatic carbocycles. The molecule has 2 rings (SSSR count). The van der Waals surface area contributed by atoms with Crippen molar-refractivity contribution in [2.75, 3.05) is 18.5 Å². The summed E-state index contributed by atoms with van der Waals surface area (Å²) in [5.74, 6) is 0.542. The van der Waals surface area contributed by atoms with Crippen molar-refractivity contribution in [3.63, 3.8) is 0 Å². The van der Waals surface area contributed by atoms with Crippen LogP contribution in [-0.2, 0) is 0 Å². The number of aliphatic hydroxyl groups excluding tert-OH is 1. The highest BCUT2D eigenvalue weighted by molar-refractivity contribution is 6.33. The van der Waals surface area contributed by atoms with Crippen LogP contribution in [0, 0.1) is 6.92 Å². The third kappa shape index (κ3) is 3.87. The molecule has 6 nitrogen and oxygen atoms in total. The van der Waals surface area contributed by atoms with E-state index < -0.39 is 5.91 Å². The molecular weight excluding hydrogens is 306 g/mol. The highest BCUT2D eigenvalue weighted by Gasteiger charge is 2.08. The maximum atomic E-state index is 11.1. The number of benzene rings is 1. The van der Waals surface area contributed by atoms with Crippen LogP contribution in [0.1, 0.15) is 15.9 Å². The first-order chi connectivity index (χ1) is 10.5. The summed E-state index contributed by atoms with van der Waals surface area (Å²) in [6, 6.07) is 6.93. The molecule has 0 radical (unpaired) electrons. The van der Waals surface area contributed by atoms with Gasteiger partial charge in [-0.3, -0.25) is 4.79 Å². The van der Waals surface area contributed by atoms with Crippen molar-refractivity contribution >= 4 is 29.0 Å². The molecule has 0 saturated carbocycles. The van der Waals surface area contributed by atoms with Gasteiger partial charge in [-0.15, -0.1) is 0 Å². The van der Waals surface area contributed by atoms with Crippen LogP contribution in [0.3, 0.4) is 0 Å². The second-order valence-corrected chi connectivity index (χ2v) is 5.00. The fourth-order valence-electron chi connectivity index (χ4n) is 1.85. The molecule has 0 fully saturated rings. The monoisotopic (exact) mass is 321 g/mol. The van der Waals surface area contributed by atoms with Gasteiger partial charge >= 0.3 is 0 Å². The highest BCUT2D eigenvalue weighted by atomic mass is 35.5. The number of primary amides is 1. The number of ether oxygens (including phenoxy) is 1. The van der Waals surface area contributed by atoms with Gasteiger partial charge in [0.25, 0.3) is 0 Å². The Morgan fingerprint density at radius 1 is 1.45 bits per heavy atom. The second-order valence-electron chi connectivity index (χ2n) is 4.60. The number of amides is 1. The predicted molar refractivity (Wildman–Crippen MR) is 84.8 cm³/mol. The fourth-order valence-corrected chi connectivity index (χ4v) is 2.06. The number of carbonyl (C=O) groups excluding carboxylic acids is 1. The van der Waals surface area contributed by atoms with Gasteiger partial charge < -0.3 is 20.9 Å². The Labute approximate surface area is 132 Å². The number of carbonyl (C=O) groups is 1. The lowest BCUT2D eigenvalue weighted by molar-refractivity contribution is 0.1000. The average molecular weight is 322 g/mol. The average Bonchev–Trinajstić information content (AvgIpc) is 2.48. The van der Waals surface area contributed by atoms with Gasteiger partial charge in [0.2, 0.25) is 5.91 Å². The van der Waals surface area contributed by atoms with Gasteiger partial charge in [-0.2, -0.15) is 0 Å². The zero-order valence-electron chi connectivity index (χ0n) is 12.0. The Hall–Kier alpha value is -2.31. The van der Waals surface area contributed by atoms with Crippen molar-refractivity contribution < 1.29 is 14.6 Å². The Morgan fingerprint density at radius 3 is 2.82 bits per heavy atom. The van der Waals surface area contributed by atoms with Gasteiger partial charge in [0.05, 0.1) is 17.2 Å². The molecule has 0 aliphatic heterocycles. The zero-order chi connectivity index (χ0) is 16.1. The third-order valence-electron chi connectivity index (χ3n) is 2.91. The maximum absolute atomic E-state index is 11.1. The highest BCUT2D eigenvalue weighted by Crippen LogP contribution is 2.27. The third-order valence-corrected chi connectivity index (χ3v) is 3.20. The van der Waals surface area contributed by atoms with E-state index in [4.69, 9.17) is 27.2 Å².